The Balaban J connectivity index is 1.75. The molecule has 2 rings (SSSR count). The van der Waals surface area contributed by atoms with Crippen molar-refractivity contribution in [2.45, 2.75) is 38.3 Å². The van der Waals surface area contributed by atoms with Crippen LogP contribution in [0.25, 0.3) is 0 Å². The van der Waals surface area contributed by atoms with Gasteiger partial charge in [-0.3, -0.25) is 4.79 Å². The van der Waals surface area contributed by atoms with Crippen molar-refractivity contribution in [1.82, 2.24) is 10.6 Å². The first-order valence-corrected chi connectivity index (χ1v) is 6.43. The number of nitrogens with one attached hydrogen (secondary N) is 2. The lowest BCUT2D eigenvalue weighted by Crippen LogP contribution is -2.30. The molecule has 0 heterocycles. The van der Waals surface area contributed by atoms with Gasteiger partial charge < -0.3 is 10.6 Å². The summed E-state index contributed by atoms with van der Waals surface area (Å²) in [6.07, 6.45) is 2.92. The molecule has 1 atom stereocenters. The molecule has 1 aliphatic rings. The van der Waals surface area contributed by atoms with Crippen molar-refractivity contribution in [3.63, 3.8) is 0 Å². The molecule has 1 aliphatic carbocycles. The van der Waals surface area contributed by atoms with E-state index in [-0.39, 0.29) is 17.8 Å². The predicted octanol–water partition coefficient (Wildman–Crippen LogP) is 2.14. The maximum absolute atomic E-state index is 13.0. The molecule has 4 heteroatoms. The van der Waals surface area contributed by atoms with Crippen LogP contribution in [0.1, 0.15) is 37.8 Å². The van der Waals surface area contributed by atoms with E-state index in [0.29, 0.717) is 19.0 Å². The Morgan fingerprint density at radius 3 is 2.94 bits per heavy atom. The zero-order valence-electron chi connectivity index (χ0n) is 10.6. The van der Waals surface area contributed by atoms with Gasteiger partial charge in [-0.05, 0) is 37.5 Å². The minimum absolute atomic E-state index is 0.0000822. The highest BCUT2D eigenvalue weighted by Gasteiger charge is 2.20. The Morgan fingerprint density at radius 1 is 1.50 bits per heavy atom. The van der Waals surface area contributed by atoms with Crippen LogP contribution in [0.3, 0.4) is 0 Å². The van der Waals surface area contributed by atoms with Crippen molar-refractivity contribution in [2.24, 2.45) is 0 Å². The van der Waals surface area contributed by atoms with Gasteiger partial charge in [0.2, 0.25) is 5.91 Å². The number of benzene rings is 1. The Kier molecular flexibility index (Phi) is 4.31. The van der Waals surface area contributed by atoms with Crippen LogP contribution in [-0.2, 0) is 4.79 Å². The van der Waals surface area contributed by atoms with Gasteiger partial charge >= 0.3 is 0 Å². The highest BCUT2D eigenvalue weighted by molar-refractivity contribution is 5.76. The van der Waals surface area contributed by atoms with Gasteiger partial charge in [0.15, 0.2) is 0 Å². The van der Waals surface area contributed by atoms with Crippen LogP contribution in [-0.4, -0.2) is 18.5 Å². The van der Waals surface area contributed by atoms with Crippen LogP contribution >= 0.6 is 0 Å². The summed E-state index contributed by atoms with van der Waals surface area (Å²) in [4.78, 5) is 11.7. The number of hydrogen-bond acceptors (Lipinski definition) is 2. The number of carbonyl (C=O) groups is 1. The molecule has 2 N–H and O–H groups in total. The fourth-order valence-corrected chi connectivity index (χ4v) is 1.85. The van der Waals surface area contributed by atoms with Crippen LogP contribution in [0.2, 0.25) is 0 Å². The van der Waals surface area contributed by atoms with Crippen LogP contribution in [0, 0.1) is 5.82 Å². The first-order chi connectivity index (χ1) is 8.65. The monoisotopic (exact) mass is 250 g/mol. The van der Waals surface area contributed by atoms with Crippen molar-refractivity contribution in [2.75, 3.05) is 6.54 Å². The van der Waals surface area contributed by atoms with E-state index in [1.807, 2.05) is 13.0 Å². The van der Waals surface area contributed by atoms with E-state index in [1.54, 1.807) is 6.07 Å². The fraction of sp³-hybridized carbons (Fsp3) is 0.500. The second-order valence-electron chi connectivity index (χ2n) is 4.82. The number of rotatable bonds is 6. The SMILES string of the molecule is CC(NC(=O)CCNC1CC1)c1cccc(F)c1. The summed E-state index contributed by atoms with van der Waals surface area (Å²) in [6.45, 7) is 2.58. The van der Waals surface area contributed by atoms with Crippen molar-refractivity contribution >= 4 is 5.91 Å². The van der Waals surface area contributed by atoms with Crippen molar-refractivity contribution < 1.29 is 9.18 Å². The third kappa shape index (κ3) is 4.11. The Hall–Kier alpha value is -1.42. The van der Waals surface area contributed by atoms with Crippen molar-refractivity contribution in [3.8, 4) is 0 Å². The molecule has 1 amide bonds. The summed E-state index contributed by atoms with van der Waals surface area (Å²) >= 11 is 0. The third-order valence-corrected chi connectivity index (χ3v) is 3.09. The van der Waals surface area contributed by atoms with Gasteiger partial charge in [-0.2, -0.15) is 0 Å². The van der Waals surface area contributed by atoms with Gasteiger partial charge in [0, 0.05) is 19.0 Å². The van der Waals surface area contributed by atoms with E-state index in [9.17, 15) is 9.18 Å². The molecule has 1 saturated carbocycles. The maximum atomic E-state index is 13.0. The average Bonchev–Trinajstić information content (AvgIpc) is 3.13. The summed E-state index contributed by atoms with van der Waals surface area (Å²) in [6, 6.07) is 6.79. The standard InChI is InChI=1S/C14H19FN2O/c1-10(11-3-2-4-12(15)9-11)17-14(18)7-8-16-13-5-6-13/h2-4,9-10,13,16H,5-8H2,1H3,(H,17,18). The molecule has 1 aromatic rings. The quantitative estimate of drug-likeness (QED) is 0.812. The van der Waals surface area contributed by atoms with Crippen LogP contribution < -0.4 is 10.6 Å². The number of carbonyl (C=O) groups excluding carboxylic acids is 1. The normalized spacial score (nSPS) is 16.3. The van der Waals surface area contributed by atoms with Gasteiger partial charge in [-0.25, -0.2) is 4.39 Å². The molecule has 0 bridgehead atoms. The molecule has 98 valence electrons. The molecular formula is C14H19FN2O. The van der Waals surface area contributed by atoms with Gasteiger partial charge in [0.25, 0.3) is 0 Å². The summed E-state index contributed by atoms with van der Waals surface area (Å²) in [7, 11) is 0. The molecule has 0 saturated heterocycles. The summed E-state index contributed by atoms with van der Waals surface area (Å²) < 4.78 is 13.0. The van der Waals surface area contributed by atoms with E-state index >= 15 is 0 Å². The Bertz CT molecular complexity index is 418. The maximum Gasteiger partial charge on any atom is 0.221 e. The topological polar surface area (TPSA) is 41.1 Å². The molecule has 0 radical (unpaired) electrons. The lowest BCUT2D eigenvalue weighted by atomic mass is 10.1. The van der Waals surface area contributed by atoms with Gasteiger partial charge in [-0.1, -0.05) is 12.1 Å². The minimum Gasteiger partial charge on any atom is -0.350 e. The third-order valence-electron chi connectivity index (χ3n) is 3.09. The van der Waals surface area contributed by atoms with Crippen LogP contribution in [0.15, 0.2) is 24.3 Å². The van der Waals surface area contributed by atoms with Gasteiger partial charge in [-0.15, -0.1) is 0 Å². The molecular weight excluding hydrogens is 231 g/mol. The molecule has 1 fully saturated rings. The average molecular weight is 250 g/mol. The molecule has 1 unspecified atom stereocenters. The van der Waals surface area contributed by atoms with Gasteiger partial charge in [0.05, 0.1) is 6.04 Å². The Labute approximate surface area is 107 Å². The number of hydrogen-bond donors (Lipinski definition) is 2. The highest BCUT2D eigenvalue weighted by atomic mass is 19.1. The molecule has 18 heavy (non-hydrogen) atoms. The smallest absolute Gasteiger partial charge is 0.221 e. The first kappa shape index (κ1) is 13.0. The minimum atomic E-state index is -0.274. The fourth-order valence-electron chi connectivity index (χ4n) is 1.85. The molecule has 0 spiro atoms. The lowest BCUT2D eigenvalue weighted by molar-refractivity contribution is -0.121. The van der Waals surface area contributed by atoms with E-state index in [4.69, 9.17) is 0 Å². The zero-order chi connectivity index (χ0) is 13.0. The zero-order valence-corrected chi connectivity index (χ0v) is 10.6. The largest absolute Gasteiger partial charge is 0.350 e. The molecule has 1 aromatic carbocycles. The lowest BCUT2D eigenvalue weighted by Gasteiger charge is -2.14. The number of amides is 1. The molecule has 0 aromatic heterocycles. The van der Waals surface area contributed by atoms with Crippen molar-refractivity contribution in [1.29, 1.82) is 0 Å². The van der Waals surface area contributed by atoms with Crippen LogP contribution in [0.5, 0.6) is 0 Å². The van der Waals surface area contributed by atoms with E-state index < -0.39 is 0 Å². The van der Waals surface area contributed by atoms with E-state index in [0.717, 1.165) is 5.56 Å². The van der Waals surface area contributed by atoms with Gasteiger partial charge in [0.1, 0.15) is 5.82 Å². The number of halogens is 1. The van der Waals surface area contributed by atoms with E-state index in [2.05, 4.69) is 10.6 Å². The Morgan fingerprint density at radius 2 is 2.28 bits per heavy atom. The summed E-state index contributed by atoms with van der Waals surface area (Å²) in [5.41, 5.74) is 0.790. The summed E-state index contributed by atoms with van der Waals surface area (Å²) in [5.74, 6) is -0.274. The predicted molar refractivity (Wildman–Crippen MR) is 68.6 cm³/mol. The van der Waals surface area contributed by atoms with Crippen molar-refractivity contribution in [3.05, 3.63) is 35.6 Å². The highest BCUT2D eigenvalue weighted by Crippen LogP contribution is 2.18. The second kappa shape index (κ2) is 5.96. The molecule has 3 nitrogen and oxygen atoms in total. The first-order valence-electron chi connectivity index (χ1n) is 6.43. The molecule has 0 aliphatic heterocycles. The van der Waals surface area contributed by atoms with E-state index in [1.165, 1.54) is 25.0 Å². The van der Waals surface area contributed by atoms with Crippen LogP contribution in [0.4, 0.5) is 4.39 Å². The second-order valence-corrected chi connectivity index (χ2v) is 4.82. The summed E-state index contributed by atoms with van der Waals surface area (Å²) in [5, 5.41) is 6.16.